The molecule has 13 heavy (non-hydrogen) atoms. The zero-order valence-corrected chi connectivity index (χ0v) is 6.90. The van der Waals surface area contributed by atoms with Crippen LogP contribution in [0.25, 0.3) is 5.01 Å². The van der Waals surface area contributed by atoms with Gasteiger partial charge in [0.25, 0.3) is 5.75 Å². The second kappa shape index (κ2) is 3.45. The van der Waals surface area contributed by atoms with Gasteiger partial charge in [0.2, 0.25) is 5.01 Å². The monoisotopic (exact) mass is 177 g/mol. The highest BCUT2D eigenvalue weighted by atomic mass is 16.6. The molecule has 4 N–H and O–H groups in total. The standard InChI is InChI=1S/C8H9N4O/c1-11-5-3-6(9)8(13-12-2)7(10)4-5/h2-4H,1,9-10H2/q+1. The third-order valence-corrected chi connectivity index (χ3v) is 1.46. The van der Waals surface area contributed by atoms with Gasteiger partial charge in [-0.25, -0.2) is 0 Å². The maximum Gasteiger partial charge on any atom is 0.336 e. The first-order valence-corrected chi connectivity index (χ1v) is 3.42. The molecule has 0 spiro atoms. The lowest BCUT2D eigenvalue weighted by Crippen LogP contribution is -1.95. The zero-order valence-electron chi connectivity index (χ0n) is 6.90. The molecule has 0 saturated carbocycles. The zero-order chi connectivity index (χ0) is 9.84. The van der Waals surface area contributed by atoms with Crippen LogP contribution in [0.1, 0.15) is 0 Å². The first-order valence-electron chi connectivity index (χ1n) is 3.42. The van der Waals surface area contributed by atoms with Gasteiger partial charge in [0.1, 0.15) is 0 Å². The largest absolute Gasteiger partial charge is 0.395 e. The summed E-state index contributed by atoms with van der Waals surface area (Å²) in [5, 5.41) is 2.98. The highest BCUT2D eigenvalue weighted by Gasteiger charge is 2.11. The predicted molar refractivity (Wildman–Crippen MR) is 53.4 cm³/mol. The Kier molecular flexibility index (Phi) is 2.36. The lowest BCUT2D eigenvalue weighted by molar-refractivity contribution is 0.480. The molecule has 0 aliphatic rings. The van der Waals surface area contributed by atoms with Gasteiger partial charge in [-0.1, -0.05) is 0 Å². The Morgan fingerprint density at radius 2 is 1.92 bits per heavy atom. The Morgan fingerprint density at radius 1 is 1.38 bits per heavy atom. The summed E-state index contributed by atoms with van der Waals surface area (Å²) in [6.07, 6.45) is 0. The summed E-state index contributed by atoms with van der Waals surface area (Å²) in [6, 6.07) is 3.12. The number of aliphatic imine (C=N–C) groups is 1. The van der Waals surface area contributed by atoms with Crippen molar-refractivity contribution in [2.24, 2.45) is 4.99 Å². The van der Waals surface area contributed by atoms with Gasteiger partial charge in [-0.05, 0) is 18.9 Å². The molecule has 0 aliphatic carbocycles. The molecule has 66 valence electrons. The molecule has 5 heteroatoms. The van der Waals surface area contributed by atoms with Crippen LogP contribution in [0.5, 0.6) is 5.75 Å². The first kappa shape index (κ1) is 8.87. The van der Waals surface area contributed by atoms with E-state index >= 15 is 0 Å². The molecule has 0 aromatic heterocycles. The molecule has 0 atom stereocenters. The van der Waals surface area contributed by atoms with E-state index in [1.54, 1.807) is 12.1 Å². The van der Waals surface area contributed by atoms with E-state index in [0.717, 1.165) is 0 Å². The predicted octanol–water partition coefficient (Wildman–Crippen LogP) is 1.44. The molecule has 0 amide bonds. The Hall–Kier alpha value is -2.22. The van der Waals surface area contributed by atoms with E-state index in [4.69, 9.17) is 18.0 Å². The first-order chi connectivity index (χ1) is 6.19. The summed E-state index contributed by atoms with van der Waals surface area (Å²) >= 11 is 0. The van der Waals surface area contributed by atoms with Crippen molar-refractivity contribution in [3.05, 3.63) is 17.1 Å². The number of nitrogens with two attached hydrogens (primary N) is 2. The minimum absolute atomic E-state index is 0.231. The summed E-state index contributed by atoms with van der Waals surface area (Å²) < 4.78 is 0. The number of rotatable bonds is 2. The average molecular weight is 177 g/mol. The van der Waals surface area contributed by atoms with E-state index < -0.39 is 0 Å². The Bertz CT molecular complexity index is 357. The second-order valence-corrected chi connectivity index (χ2v) is 2.31. The van der Waals surface area contributed by atoms with Gasteiger partial charge in [-0.15, -0.1) is 4.84 Å². The third-order valence-electron chi connectivity index (χ3n) is 1.46. The van der Waals surface area contributed by atoms with E-state index in [-0.39, 0.29) is 5.75 Å². The van der Waals surface area contributed by atoms with Crippen LogP contribution in [-0.4, -0.2) is 6.72 Å². The fourth-order valence-corrected chi connectivity index (χ4v) is 0.907. The van der Waals surface area contributed by atoms with Crippen molar-refractivity contribution in [2.45, 2.75) is 0 Å². The normalized spacial score (nSPS) is 8.85. The number of hydrogen-bond donors (Lipinski definition) is 2. The molecule has 1 rings (SSSR count). The Morgan fingerprint density at radius 3 is 2.31 bits per heavy atom. The Labute approximate surface area is 75.4 Å². The smallest absolute Gasteiger partial charge is 0.336 e. The van der Waals surface area contributed by atoms with Crippen molar-refractivity contribution in [1.29, 1.82) is 0 Å². The molecule has 0 aliphatic heterocycles. The minimum Gasteiger partial charge on any atom is -0.395 e. The van der Waals surface area contributed by atoms with Crippen LogP contribution >= 0.6 is 0 Å². The quantitative estimate of drug-likeness (QED) is 0.407. The summed E-state index contributed by atoms with van der Waals surface area (Å²) in [4.78, 5) is 8.32. The Balaban J connectivity index is 3.24. The van der Waals surface area contributed by atoms with Gasteiger partial charge >= 0.3 is 6.57 Å². The third kappa shape index (κ3) is 1.68. The van der Waals surface area contributed by atoms with E-state index in [0.29, 0.717) is 17.1 Å². The summed E-state index contributed by atoms with van der Waals surface area (Å²) in [6.45, 7) is 8.16. The number of nitrogens with zero attached hydrogens (tertiary/aromatic N) is 2. The number of nitrogen functional groups attached to an aromatic ring is 2. The molecule has 5 nitrogen and oxygen atoms in total. The summed E-state index contributed by atoms with van der Waals surface area (Å²) in [5.74, 6) is 0.231. The fraction of sp³-hybridized carbons (Fsp3) is 0. The molecule has 0 fully saturated rings. The maximum absolute atomic E-state index is 5.58. The van der Waals surface area contributed by atoms with Crippen molar-refractivity contribution in [3.63, 3.8) is 0 Å². The van der Waals surface area contributed by atoms with Crippen LogP contribution in [0.2, 0.25) is 0 Å². The fourth-order valence-electron chi connectivity index (χ4n) is 0.907. The minimum atomic E-state index is 0.231. The summed E-state index contributed by atoms with van der Waals surface area (Å²) in [5.41, 5.74) is 12.4. The van der Waals surface area contributed by atoms with Gasteiger partial charge in [-0.2, -0.15) is 0 Å². The lowest BCUT2D eigenvalue weighted by atomic mass is 10.2. The van der Waals surface area contributed by atoms with Crippen LogP contribution in [0.4, 0.5) is 17.1 Å². The van der Waals surface area contributed by atoms with Gasteiger partial charge in [0.15, 0.2) is 0 Å². The van der Waals surface area contributed by atoms with Crippen molar-refractivity contribution in [1.82, 2.24) is 0 Å². The van der Waals surface area contributed by atoms with Crippen LogP contribution in [0.3, 0.4) is 0 Å². The van der Waals surface area contributed by atoms with Crippen molar-refractivity contribution in [2.75, 3.05) is 11.5 Å². The lowest BCUT2D eigenvalue weighted by Gasteiger charge is -2.01. The molecule has 0 heterocycles. The topological polar surface area (TPSA) is 78.0 Å². The molecule has 0 bridgehead atoms. The van der Waals surface area contributed by atoms with Gasteiger partial charge in [0.05, 0.1) is 17.1 Å². The molecular formula is C8H9N4O+. The maximum atomic E-state index is 5.58. The number of benzene rings is 1. The summed E-state index contributed by atoms with van der Waals surface area (Å²) in [7, 11) is 0. The molecule has 0 radical (unpaired) electrons. The molecule has 0 unspecified atom stereocenters. The van der Waals surface area contributed by atoms with E-state index in [9.17, 15) is 0 Å². The highest BCUT2D eigenvalue weighted by molar-refractivity contribution is 5.73. The van der Waals surface area contributed by atoms with Crippen LogP contribution < -0.4 is 16.3 Å². The van der Waals surface area contributed by atoms with Crippen molar-refractivity contribution < 1.29 is 4.84 Å². The van der Waals surface area contributed by atoms with E-state index in [1.165, 1.54) is 0 Å². The second-order valence-electron chi connectivity index (χ2n) is 2.31. The van der Waals surface area contributed by atoms with Crippen molar-refractivity contribution in [3.8, 4) is 12.3 Å². The molecule has 1 aromatic rings. The average Bonchev–Trinajstić information content (AvgIpc) is 2.11. The van der Waals surface area contributed by atoms with Gasteiger partial charge in [0, 0.05) is 0 Å². The molecular weight excluding hydrogens is 168 g/mol. The van der Waals surface area contributed by atoms with Gasteiger partial charge in [-0.3, -0.25) is 4.99 Å². The van der Waals surface area contributed by atoms with Gasteiger partial charge < -0.3 is 11.5 Å². The number of hydrogen-bond acceptors (Lipinski definition) is 4. The molecule has 0 saturated heterocycles. The van der Waals surface area contributed by atoms with E-state index in [1.807, 2.05) is 0 Å². The molecule has 1 aromatic carbocycles. The van der Waals surface area contributed by atoms with Crippen LogP contribution in [-0.2, 0) is 0 Å². The number of anilines is 2. The van der Waals surface area contributed by atoms with Crippen LogP contribution in [0.15, 0.2) is 17.1 Å². The highest BCUT2D eigenvalue weighted by Crippen LogP contribution is 2.33. The van der Waals surface area contributed by atoms with Crippen LogP contribution in [0, 0.1) is 6.57 Å². The van der Waals surface area contributed by atoms with E-state index in [2.05, 4.69) is 21.6 Å². The van der Waals surface area contributed by atoms with Crippen molar-refractivity contribution >= 4 is 23.8 Å². The SMILES string of the molecule is C#[N+]Oc1c(N)cc(N=C)cc1N.